The van der Waals surface area contributed by atoms with Gasteiger partial charge in [0.1, 0.15) is 5.82 Å². The first kappa shape index (κ1) is 14.3. The van der Waals surface area contributed by atoms with Crippen LogP contribution in [0.3, 0.4) is 0 Å². The van der Waals surface area contributed by atoms with Crippen LogP contribution in [0.5, 0.6) is 0 Å². The molecule has 0 radical (unpaired) electrons. The Kier molecular flexibility index (Phi) is 3.67. The number of rotatable bonds is 3. The largest absolute Gasteiger partial charge is 0.397 e. The minimum Gasteiger partial charge on any atom is -0.397 e. The SMILES string of the molecule is Cc1ccc(S(=O)(=O)Nc2cc(F)ccc2N)cc1C. The molecule has 0 aliphatic heterocycles. The summed E-state index contributed by atoms with van der Waals surface area (Å²) >= 11 is 0. The maximum Gasteiger partial charge on any atom is 0.261 e. The van der Waals surface area contributed by atoms with Gasteiger partial charge in [-0.3, -0.25) is 4.72 Å². The zero-order valence-electron chi connectivity index (χ0n) is 11.1. The van der Waals surface area contributed by atoms with Crippen molar-refractivity contribution in [2.45, 2.75) is 18.7 Å². The van der Waals surface area contributed by atoms with E-state index in [1.54, 1.807) is 12.1 Å². The minimum atomic E-state index is -3.79. The molecule has 0 bridgehead atoms. The van der Waals surface area contributed by atoms with E-state index < -0.39 is 15.8 Å². The fourth-order valence-corrected chi connectivity index (χ4v) is 2.86. The second kappa shape index (κ2) is 5.13. The minimum absolute atomic E-state index is 0.0308. The molecule has 2 aromatic rings. The predicted molar refractivity (Wildman–Crippen MR) is 77.5 cm³/mol. The van der Waals surface area contributed by atoms with E-state index >= 15 is 0 Å². The van der Waals surface area contributed by atoms with Crippen LogP contribution in [0.1, 0.15) is 11.1 Å². The van der Waals surface area contributed by atoms with Crippen LogP contribution in [-0.4, -0.2) is 8.42 Å². The van der Waals surface area contributed by atoms with Crippen LogP contribution in [0.2, 0.25) is 0 Å². The van der Waals surface area contributed by atoms with Crippen molar-refractivity contribution in [2.24, 2.45) is 0 Å². The van der Waals surface area contributed by atoms with Crippen molar-refractivity contribution in [1.82, 2.24) is 0 Å². The fourth-order valence-electron chi connectivity index (χ4n) is 1.70. The lowest BCUT2D eigenvalue weighted by atomic mass is 10.1. The van der Waals surface area contributed by atoms with E-state index in [0.717, 1.165) is 17.2 Å². The molecule has 0 spiro atoms. The number of nitrogens with two attached hydrogens (primary N) is 1. The Bertz CT molecular complexity index is 758. The third-order valence-corrected chi connectivity index (χ3v) is 4.41. The Balaban J connectivity index is 2.40. The zero-order valence-corrected chi connectivity index (χ0v) is 12.0. The number of nitrogens with one attached hydrogen (secondary N) is 1. The van der Waals surface area contributed by atoms with Crippen molar-refractivity contribution in [3.05, 3.63) is 53.3 Å². The van der Waals surface area contributed by atoms with E-state index in [4.69, 9.17) is 5.73 Å². The van der Waals surface area contributed by atoms with Gasteiger partial charge in [0.2, 0.25) is 0 Å². The van der Waals surface area contributed by atoms with Crippen molar-refractivity contribution in [2.75, 3.05) is 10.5 Å². The van der Waals surface area contributed by atoms with Gasteiger partial charge in [0.25, 0.3) is 10.0 Å². The monoisotopic (exact) mass is 294 g/mol. The second-order valence-electron chi connectivity index (χ2n) is 4.58. The van der Waals surface area contributed by atoms with Gasteiger partial charge in [-0.05, 0) is 49.2 Å². The molecule has 0 aliphatic carbocycles. The molecule has 0 aromatic heterocycles. The topological polar surface area (TPSA) is 72.2 Å². The molecule has 0 aliphatic rings. The van der Waals surface area contributed by atoms with Crippen LogP contribution in [0.15, 0.2) is 41.3 Å². The normalized spacial score (nSPS) is 11.3. The highest BCUT2D eigenvalue weighted by atomic mass is 32.2. The summed E-state index contributed by atoms with van der Waals surface area (Å²) in [6.07, 6.45) is 0. The predicted octanol–water partition coefficient (Wildman–Crippen LogP) is 2.83. The van der Waals surface area contributed by atoms with Crippen LogP contribution in [-0.2, 0) is 10.0 Å². The van der Waals surface area contributed by atoms with Gasteiger partial charge in [-0.15, -0.1) is 0 Å². The van der Waals surface area contributed by atoms with Gasteiger partial charge in [0, 0.05) is 6.07 Å². The standard InChI is InChI=1S/C14H15FN2O2S/c1-9-3-5-12(7-10(9)2)20(18,19)17-14-8-11(15)4-6-13(14)16/h3-8,17H,16H2,1-2H3. The van der Waals surface area contributed by atoms with Gasteiger partial charge >= 0.3 is 0 Å². The highest BCUT2D eigenvalue weighted by molar-refractivity contribution is 7.92. The van der Waals surface area contributed by atoms with E-state index in [2.05, 4.69) is 4.72 Å². The van der Waals surface area contributed by atoms with Crippen molar-refractivity contribution in [1.29, 1.82) is 0 Å². The van der Waals surface area contributed by atoms with Crippen LogP contribution >= 0.6 is 0 Å². The van der Waals surface area contributed by atoms with E-state index in [9.17, 15) is 12.8 Å². The van der Waals surface area contributed by atoms with Gasteiger partial charge < -0.3 is 5.73 Å². The Labute approximate surface area is 117 Å². The molecule has 3 N–H and O–H groups in total. The van der Waals surface area contributed by atoms with Gasteiger partial charge in [-0.1, -0.05) is 6.07 Å². The molecular weight excluding hydrogens is 279 g/mol. The molecule has 0 saturated carbocycles. The Morgan fingerprint density at radius 2 is 1.75 bits per heavy atom. The number of aryl methyl sites for hydroxylation is 2. The average Bonchev–Trinajstić information content (AvgIpc) is 2.36. The lowest BCUT2D eigenvalue weighted by Gasteiger charge is -2.11. The quantitative estimate of drug-likeness (QED) is 0.855. The molecule has 6 heteroatoms. The lowest BCUT2D eigenvalue weighted by molar-refractivity contribution is 0.601. The van der Waals surface area contributed by atoms with Crippen LogP contribution < -0.4 is 10.5 Å². The molecule has 2 rings (SSSR count). The van der Waals surface area contributed by atoms with E-state index in [1.807, 2.05) is 13.8 Å². The van der Waals surface area contributed by atoms with Gasteiger partial charge in [0.15, 0.2) is 0 Å². The number of hydrogen-bond acceptors (Lipinski definition) is 3. The number of halogens is 1. The first-order chi connectivity index (χ1) is 9.29. The molecule has 0 unspecified atom stereocenters. The molecule has 4 nitrogen and oxygen atoms in total. The molecule has 20 heavy (non-hydrogen) atoms. The van der Waals surface area contributed by atoms with Crippen LogP contribution in [0.4, 0.5) is 15.8 Å². The summed E-state index contributed by atoms with van der Waals surface area (Å²) in [5.41, 5.74) is 7.69. The summed E-state index contributed by atoms with van der Waals surface area (Å²) in [5, 5.41) is 0. The van der Waals surface area contributed by atoms with Crippen LogP contribution in [0, 0.1) is 19.7 Å². The first-order valence-electron chi connectivity index (χ1n) is 5.95. The van der Waals surface area contributed by atoms with E-state index in [0.29, 0.717) is 0 Å². The number of nitrogen functional groups attached to an aromatic ring is 1. The first-order valence-corrected chi connectivity index (χ1v) is 7.43. The van der Waals surface area contributed by atoms with E-state index in [-0.39, 0.29) is 16.3 Å². The highest BCUT2D eigenvalue weighted by Gasteiger charge is 2.16. The lowest BCUT2D eigenvalue weighted by Crippen LogP contribution is -2.14. The number of anilines is 2. The summed E-state index contributed by atoms with van der Waals surface area (Å²) in [4.78, 5) is 0.115. The van der Waals surface area contributed by atoms with Gasteiger partial charge in [-0.2, -0.15) is 0 Å². The smallest absolute Gasteiger partial charge is 0.261 e. The number of sulfonamides is 1. The third-order valence-electron chi connectivity index (χ3n) is 3.05. The summed E-state index contributed by atoms with van der Waals surface area (Å²) in [6, 6.07) is 8.32. The van der Waals surface area contributed by atoms with E-state index in [1.165, 1.54) is 18.2 Å². The molecule has 0 fully saturated rings. The molecule has 106 valence electrons. The van der Waals surface area contributed by atoms with Crippen LogP contribution in [0.25, 0.3) is 0 Å². The maximum absolute atomic E-state index is 13.2. The van der Waals surface area contributed by atoms with Crippen molar-refractivity contribution in [3.8, 4) is 0 Å². The van der Waals surface area contributed by atoms with Gasteiger partial charge in [-0.25, -0.2) is 12.8 Å². The molecule has 0 heterocycles. The molecule has 0 saturated heterocycles. The van der Waals surface area contributed by atoms with Crippen molar-refractivity contribution in [3.63, 3.8) is 0 Å². The second-order valence-corrected chi connectivity index (χ2v) is 6.27. The number of hydrogen-bond donors (Lipinski definition) is 2. The molecule has 2 aromatic carbocycles. The Morgan fingerprint density at radius 1 is 1.05 bits per heavy atom. The molecule has 0 amide bonds. The summed E-state index contributed by atoms with van der Waals surface area (Å²) < 4.78 is 39.9. The van der Waals surface area contributed by atoms with Crippen molar-refractivity contribution < 1.29 is 12.8 Å². The zero-order chi connectivity index (χ0) is 14.9. The average molecular weight is 294 g/mol. The highest BCUT2D eigenvalue weighted by Crippen LogP contribution is 2.24. The molecule has 0 atom stereocenters. The Morgan fingerprint density at radius 3 is 2.40 bits per heavy atom. The molecular formula is C14H15FN2O2S. The Hall–Kier alpha value is -2.08. The maximum atomic E-state index is 13.2. The van der Waals surface area contributed by atoms with Crippen molar-refractivity contribution >= 4 is 21.4 Å². The third kappa shape index (κ3) is 2.91. The summed E-state index contributed by atoms with van der Waals surface area (Å²) in [5.74, 6) is -0.558. The van der Waals surface area contributed by atoms with Gasteiger partial charge in [0.05, 0.1) is 16.3 Å². The summed E-state index contributed by atoms with van der Waals surface area (Å²) in [7, 11) is -3.79. The fraction of sp³-hybridized carbons (Fsp3) is 0.143. The summed E-state index contributed by atoms with van der Waals surface area (Å²) in [6.45, 7) is 3.72. The number of benzene rings is 2.